The van der Waals surface area contributed by atoms with Crippen LogP contribution in [-0.4, -0.2) is 42.5 Å². The van der Waals surface area contributed by atoms with Crippen molar-refractivity contribution in [2.24, 2.45) is 11.8 Å². The Labute approximate surface area is 83.7 Å². The molecular formula is C11H15NO2. The third kappa shape index (κ3) is 0.916. The number of nitrogens with zero attached hydrogens (tertiary/aromatic N) is 1. The largest absolute Gasteiger partial charge is 0.366 e. The molecule has 2 fully saturated rings. The van der Waals surface area contributed by atoms with Crippen LogP contribution in [0.3, 0.4) is 0 Å². The summed E-state index contributed by atoms with van der Waals surface area (Å²) in [6.07, 6.45) is 4.75. The van der Waals surface area contributed by atoms with Crippen LogP contribution in [0.2, 0.25) is 0 Å². The van der Waals surface area contributed by atoms with Gasteiger partial charge in [0.25, 0.3) is 0 Å². The van der Waals surface area contributed by atoms with Crippen LogP contribution < -0.4 is 0 Å². The summed E-state index contributed by atoms with van der Waals surface area (Å²) in [5.74, 6) is 1.24. The topological polar surface area (TPSA) is 29.5 Å². The van der Waals surface area contributed by atoms with Crippen LogP contribution in [0.15, 0.2) is 12.2 Å². The first-order chi connectivity index (χ1) is 6.68. The second-order valence-electron chi connectivity index (χ2n) is 4.69. The van der Waals surface area contributed by atoms with Crippen LogP contribution in [0, 0.1) is 11.8 Å². The van der Waals surface area contributed by atoms with Gasteiger partial charge in [-0.2, -0.15) is 0 Å². The van der Waals surface area contributed by atoms with Gasteiger partial charge in [0.15, 0.2) is 0 Å². The number of ether oxygens (including phenoxy) is 1. The summed E-state index contributed by atoms with van der Waals surface area (Å²) in [5, 5.41) is 0. The minimum absolute atomic E-state index is 0.0833. The molecule has 3 nitrogen and oxygen atoms in total. The van der Waals surface area contributed by atoms with Crippen molar-refractivity contribution in [1.82, 2.24) is 4.90 Å². The number of carbonyl (C=O) groups is 1. The zero-order valence-electron chi connectivity index (χ0n) is 8.51. The summed E-state index contributed by atoms with van der Waals surface area (Å²) in [6, 6.07) is 0.0833. The molecule has 2 saturated heterocycles. The quantitative estimate of drug-likeness (QED) is 0.567. The average Bonchev–Trinajstić information content (AvgIpc) is 2.70. The van der Waals surface area contributed by atoms with Gasteiger partial charge in [-0.25, -0.2) is 0 Å². The van der Waals surface area contributed by atoms with Gasteiger partial charge >= 0.3 is 0 Å². The molecule has 0 amide bonds. The standard InChI is InChI=1S/C11H15NO2/c1-6(13)11-10-7(5-12(11)2)8-3-4-9(10)14-8/h3-4,7-11H,5H2,1-2H3/t7-,8-,9+,10-,11-/m1/s1. The van der Waals surface area contributed by atoms with E-state index in [9.17, 15) is 4.79 Å². The normalized spacial score (nSPS) is 50.0. The average molecular weight is 193 g/mol. The molecule has 0 saturated carbocycles. The van der Waals surface area contributed by atoms with Gasteiger partial charge in [0.05, 0.1) is 18.2 Å². The molecule has 0 aromatic carbocycles. The lowest BCUT2D eigenvalue weighted by atomic mass is 9.81. The Bertz CT molecular complexity index is 312. The van der Waals surface area contributed by atoms with E-state index in [2.05, 4.69) is 17.1 Å². The maximum Gasteiger partial charge on any atom is 0.147 e. The fraction of sp³-hybridized carbons (Fsp3) is 0.727. The highest BCUT2D eigenvalue weighted by molar-refractivity contribution is 5.82. The lowest BCUT2D eigenvalue weighted by molar-refractivity contribution is -0.122. The number of likely N-dealkylation sites (N-methyl/N-ethyl adjacent to an activating group) is 1. The summed E-state index contributed by atoms with van der Waals surface area (Å²) in [7, 11) is 2.05. The fourth-order valence-electron chi connectivity index (χ4n) is 3.38. The van der Waals surface area contributed by atoms with Crippen molar-refractivity contribution in [3.63, 3.8) is 0 Å². The number of Topliss-reactive ketones (excluding diaryl/α,β-unsaturated/α-hetero) is 1. The van der Waals surface area contributed by atoms with E-state index in [0.29, 0.717) is 11.8 Å². The molecule has 3 heterocycles. The highest BCUT2D eigenvalue weighted by Gasteiger charge is 2.55. The zero-order valence-corrected chi connectivity index (χ0v) is 8.51. The first-order valence-electron chi connectivity index (χ1n) is 5.23. The summed E-state index contributed by atoms with van der Waals surface area (Å²) < 4.78 is 5.78. The summed E-state index contributed by atoms with van der Waals surface area (Å²) in [5.41, 5.74) is 0. The van der Waals surface area contributed by atoms with Gasteiger partial charge in [-0.1, -0.05) is 12.2 Å². The number of hydrogen-bond acceptors (Lipinski definition) is 3. The Morgan fingerprint density at radius 1 is 1.43 bits per heavy atom. The Balaban J connectivity index is 1.94. The molecule has 2 bridgehead atoms. The number of carbonyl (C=O) groups excluding carboxylic acids is 1. The molecule has 3 aliphatic heterocycles. The van der Waals surface area contributed by atoms with Crippen LogP contribution >= 0.6 is 0 Å². The molecular weight excluding hydrogens is 178 g/mol. The smallest absolute Gasteiger partial charge is 0.147 e. The summed E-state index contributed by atoms with van der Waals surface area (Å²) in [4.78, 5) is 13.7. The number of ketones is 1. The second-order valence-corrected chi connectivity index (χ2v) is 4.69. The number of rotatable bonds is 1. The predicted molar refractivity (Wildman–Crippen MR) is 51.9 cm³/mol. The minimum Gasteiger partial charge on any atom is -0.366 e. The number of likely N-dealkylation sites (tertiary alicyclic amines) is 1. The third-order valence-electron chi connectivity index (χ3n) is 3.86. The Morgan fingerprint density at radius 2 is 2.14 bits per heavy atom. The van der Waals surface area contributed by atoms with Crippen LogP contribution in [0.4, 0.5) is 0 Å². The van der Waals surface area contributed by atoms with E-state index in [4.69, 9.17) is 4.74 Å². The maximum atomic E-state index is 11.6. The van der Waals surface area contributed by atoms with Crippen molar-refractivity contribution in [3.05, 3.63) is 12.2 Å². The fourth-order valence-corrected chi connectivity index (χ4v) is 3.38. The van der Waals surface area contributed by atoms with Gasteiger partial charge in [0.2, 0.25) is 0 Å². The first kappa shape index (κ1) is 8.62. The minimum atomic E-state index is 0.0833. The van der Waals surface area contributed by atoms with E-state index in [0.717, 1.165) is 6.54 Å². The van der Waals surface area contributed by atoms with Gasteiger partial charge in [-0.05, 0) is 14.0 Å². The first-order valence-corrected chi connectivity index (χ1v) is 5.23. The summed E-state index contributed by atoms with van der Waals surface area (Å²) >= 11 is 0. The van der Waals surface area contributed by atoms with Crippen molar-refractivity contribution in [2.45, 2.75) is 25.2 Å². The van der Waals surface area contributed by atoms with Crippen LogP contribution in [0.1, 0.15) is 6.92 Å². The highest BCUT2D eigenvalue weighted by atomic mass is 16.5. The number of hydrogen-bond donors (Lipinski definition) is 0. The molecule has 0 radical (unpaired) electrons. The van der Waals surface area contributed by atoms with E-state index >= 15 is 0 Å². The molecule has 14 heavy (non-hydrogen) atoms. The van der Waals surface area contributed by atoms with E-state index in [1.54, 1.807) is 6.92 Å². The third-order valence-corrected chi connectivity index (χ3v) is 3.86. The molecule has 0 unspecified atom stereocenters. The molecule has 0 spiro atoms. The van der Waals surface area contributed by atoms with Crippen LogP contribution in [-0.2, 0) is 9.53 Å². The molecule has 3 rings (SSSR count). The Kier molecular flexibility index (Phi) is 1.65. The lowest BCUT2D eigenvalue weighted by Gasteiger charge is -2.23. The summed E-state index contributed by atoms with van der Waals surface area (Å²) in [6.45, 7) is 2.69. The molecule has 76 valence electrons. The van der Waals surface area contributed by atoms with E-state index < -0.39 is 0 Å². The SMILES string of the molecule is CC(=O)[C@@H]1[C@@H]2[C@H](CN1C)[C@H]1C=C[C@@H]2O1. The van der Waals surface area contributed by atoms with Gasteiger partial charge in [-0.3, -0.25) is 9.69 Å². The zero-order chi connectivity index (χ0) is 9.87. The second kappa shape index (κ2) is 2.67. The molecule has 3 aliphatic rings. The van der Waals surface area contributed by atoms with Gasteiger partial charge in [0, 0.05) is 18.4 Å². The Hall–Kier alpha value is -0.670. The van der Waals surface area contributed by atoms with Crippen LogP contribution in [0.25, 0.3) is 0 Å². The maximum absolute atomic E-state index is 11.6. The monoisotopic (exact) mass is 193 g/mol. The molecule has 0 N–H and O–H groups in total. The number of fused-ring (bicyclic) bond motifs is 5. The Morgan fingerprint density at radius 3 is 2.86 bits per heavy atom. The van der Waals surface area contributed by atoms with E-state index in [1.807, 2.05) is 7.05 Å². The van der Waals surface area contributed by atoms with Gasteiger partial charge < -0.3 is 4.74 Å². The molecule has 0 aromatic rings. The molecule has 0 aliphatic carbocycles. The molecule has 3 heteroatoms. The van der Waals surface area contributed by atoms with Crippen molar-refractivity contribution < 1.29 is 9.53 Å². The van der Waals surface area contributed by atoms with E-state index in [1.165, 1.54) is 0 Å². The molecule has 0 aromatic heterocycles. The van der Waals surface area contributed by atoms with Crippen LogP contribution in [0.5, 0.6) is 0 Å². The lowest BCUT2D eigenvalue weighted by Crippen LogP contribution is -2.39. The predicted octanol–water partition coefficient (Wildman–Crippen LogP) is 0.459. The van der Waals surface area contributed by atoms with Crippen molar-refractivity contribution in [3.8, 4) is 0 Å². The van der Waals surface area contributed by atoms with Crippen molar-refractivity contribution in [1.29, 1.82) is 0 Å². The highest BCUT2D eigenvalue weighted by Crippen LogP contribution is 2.46. The van der Waals surface area contributed by atoms with Crippen molar-refractivity contribution >= 4 is 5.78 Å². The molecule has 5 atom stereocenters. The van der Waals surface area contributed by atoms with Crippen molar-refractivity contribution in [2.75, 3.05) is 13.6 Å². The van der Waals surface area contributed by atoms with E-state index in [-0.39, 0.29) is 24.0 Å². The van der Waals surface area contributed by atoms with Gasteiger partial charge in [0.1, 0.15) is 5.78 Å². The van der Waals surface area contributed by atoms with Gasteiger partial charge in [-0.15, -0.1) is 0 Å².